The molecule has 0 nitrogen and oxygen atoms in total. The van der Waals surface area contributed by atoms with Crippen LogP contribution in [0.3, 0.4) is 0 Å². The highest BCUT2D eigenvalue weighted by Gasteiger charge is 2.23. The first kappa shape index (κ1) is 23.8. The van der Waals surface area contributed by atoms with Crippen LogP contribution in [-0.4, -0.2) is 6.00 Å². The number of rotatable bonds is 17. The van der Waals surface area contributed by atoms with Crippen molar-refractivity contribution in [3.63, 3.8) is 0 Å². The van der Waals surface area contributed by atoms with Crippen molar-refractivity contribution in [2.24, 2.45) is 0 Å². The Labute approximate surface area is 174 Å². The summed E-state index contributed by atoms with van der Waals surface area (Å²) in [7, 11) is 0. The van der Waals surface area contributed by atoms with Crippen LogP contribution in [0.2, 0.25) is 6.04 Å². The molecule has 0 aromatic carbocycles. The van der Waals surface area contributed by atoms with Crippen LogP contribution >= 0.6 is 44.6 Å². The Morgan fingerprint density at radius 1 is 0.640 bits per heavy atom. The van der Waals surface area contributed by atoms with Crippen molar-refractivity contribution in [3.05, 3.63) is 22.4 Å². The molecule has 5 heteroatoms. The van der Waals surface area contributed by atoms with E-state index in [4.69, 9.17) is 33.2 Å². The van der Waals surface area contributed by atoms with Crippen LogP contribution in [0.4, 0.5) is 0 Å². The Bertz CT molecular complexity index is 390. The zero-order valence-electron chi connectivity index (χ0n) is 15.6. The van der Waals surface area contributed by atoms with Gasteiger partial charge in [0.05, 0.1) is 0 Å². The fourth-order valence-corrected chi connectivity index (χ4v) is 5.77. The molecule has 0 unspecified atom stereocenters. The smallest absolute Gasteiger partial charge is 0.152 e. The highest BCUT2D eigenvalue weighted by Crippen LogP contribution is 2.27. The molecule has 0 amide bonds. The van der Waals surface area contributed by atoms with Gasteiger partial charge >= 0.3 is 6.00 Å². The average Bonchev–Trinajstić information content (AvgIpc) is 3.07. The normalized spacial score (nSPS) is 12.0. The zero-order valence-corrected chi connectivity index (χ0v) is 19.7. The maximum Gasteiger partial charge on any atom is 0.341 e. The molecule has 0 aliphatic heterocycles. The Kier molecular flexibility index (Phi) is 15.1. The summed E-state index contributed by atoms with van der Waals surface area (Å²) < 4.78 is 0. The molecular formula is C20H35Cl3SSi. The van der Waals surface area contributed by atoms with E-state index in [1.54, 1.807) is 0 Å². The number of thiophene rings is 1. The Balaban J connectivity index is 1.69. The molecule has 1 heterocycles. The Hall–Kier alpha value is 0.787. The molecular weight excluding hydrogens is 407 g/mol. The summed E-state index contributed by atoms with van der Waals surface area (Å²) in [5.74, 6) is 0. The first-order valence-corrected chi connectivity index (χ1v) is 16.3. The third-order valence-corrected chi connectivity index (χ3v) is 8.11. The number of hydrogen-bond acceptors (Lipinski definition) is 1. The highest BCUT2D eigenvalue weighted by atomic mass is 35.8. The minimum atomic E-state index is -2.36. The first-order valence-electron chi connectivity index (χ1n) is 10.2. The molecule has 0 saturated heterocycles. The van der Waals surface area contributed by atoms with Gasteiger partial charge in [-0.3, -0.25) is 0 Å². The summed E-state index contributed by atoms with van der Waals surface area (Å²) in [4.78, 5) is 0. The minimum Gasteiger partial charge on any atom is -0.152 e. The van der Waals surface area contributed by atoms with Crippen LogP contribution in [-0.2, 0) is 6.42 Å². The van der Waals surface area contributed by atoms with Crippen molar-refractivity contribution >= 4 is 50.6 Å². The second-order valence-corrected chi connectivity index (χ2v) is 17.3. The molecule has 1 aromatic heterocycles. The Morgan fingerprint density at radius 2 is 1.08 bits per heavy atom. The van der Waals surface area contributed by atoms with Crippen LogP contribution in [0.1, 0.15) is 95.5 Å². The summed E-state index contributed by atoms with van der Waals surface area (Å²) in [5, 5.41) is 4.47. The van der Waals surface area contributed by atoms with Gasteiger partial charge in [0.1, 0.15) is 0 Å². The lowest BCUT2D eigenvalue weighted by Crippen LogP contribution is -2.07. The van der Waals surface area contributed by atoms with Crippen LogP contribution in [0, 0.1) is 0 Å². The molecule has 1 rings (SSSR count). The predicted molar refractivity (Wildman–Crippen MR) is 121 cm³/mol. The summed E-state index contributed by atoms with van der Waals surface area (Å²) in [6.07, 6.45) is 20.3. The maximum atomic E-state index is 5.88. The van der Waals surface area contributed by atoms with E-state index >= 15 is 0 Å². The van der Waals surface area contributed by atoms with E-state index in [2.05, 4.69) is 16.8 Å². The lowest BCUT2D eigenvalue weighted by Gasteiger charge is -2.07. The summed E-state index contributed by atoms with van der Waals surface area (Å²) in [5.41, 5.74) is 1.53. The largest absolute Gasteiger partial charge is 0.341 e. The molecule has 0 radical (unpaired) electrons. The number of hydrogen-bond donors (Lipinski definition) is 0. The van der Waals surface area contributed by atoms with Crippen molar-refractivity contribution in [1.29, 1.82) is 0 Å². The van der Waals surface area contributed by atoms with E-state index in [1.807, 2.05) is 11.3 Å². The third-order valence-electron chi connectivity index (χ3n) is 4.76. The molecule has 0 bridgehead atoms. The van der Waals surface area contributed by atoms with E-state index in [0.717, 1.165) is 12.5 Å². The summed E-state index contributed by atoms with van der Waals surface area (Å²) in [6, 6.07) is 0.727. The predicted octanol–water partition coefficient (Wildman–Crippen LogP) is 9.41. The lowest BCUT2D eigenvalue weighted by atomic mass is 10.0. The van der Waals surface area contributed by atoms with Gasteiger partial charge in [0, 0.05) is 0 Å². The van der Waals surface area contributed by atoms with Crippen molar-refractivity contribution in [3.8, 4) is 0 Å². The van der Waals surface area contributed by atoms with Crippen LogP contribution in [0.5, 0.6) is 0 Å². The number of halogens is 3. The second kappa shape index (κ2) is 15.8. The van der Waals surface area contributed by atoms with E-state index in [1.165, 1.54) is 95.5 Å². The van der Waals surface area contributed by atoms with Gasteiger partial charge < -0.3 is 0 Å². The number of aryl methyl sites for hydroxylation is 1. The quantitative estimate of drug-likeness (QED) is 0.128. The van der Waals surface area contributed by atoms with E-state index in [9.17, 15) is 0 Å². The molecule has 0 spiro atoms. The van der Waals surface area contributed by atoms with Gasteiger partial charge in [-0.15, -0.1) is 33.2 Å². The van der Waals surface area contributed by atoms with Crippen LogP contribution in [0.15, 0.2) is 16.8 Å². The molecule has 0 fully saturated rings. The van der Waals surface area contributed by atoms with E-state index in [-0.39, 0.29) is 0 Å². The Morgan fingerprint density at radius 3 is 1.48 bits per heavy atom. The van der Waals surface area contributed by atoms with Gasteiger partial charge in [0.15, 0.2) is 0 Å². The van der Waals surface area contributed by atoms with Crippen molar-refractivity contribution < 1.29 is 0 Å². The van der Waals surface area contributed by atoms with Crippen LogP contribution in [0.25, 0.3) is 0 Å². The van der Waals surface area contributed by atoms with Crippen molar-refractivity contribution in [1.82, 2.24) is 0 Å². The molecule has 25 heavy (non-hydrogen) atoms. The summed E-state index contributed by atoms with van der Waals surface area (Å²) >= 11 is 19.5. The SMILES string of the molecule is Cl[Si](Cl)(Cl)CCCCCCCCCCCCCCCCc1ccsc1. The molecule has 146 valence electrons. The zero-order chi connectivity index (χ0) is 18.2. The van der Waals surface area contributed by atoms with Crippen molar-refractivity contribution in [2.45, 2.75) is 102 Å². The molecule has 0 saturated carbocycles. The first-order chi connectivity index (χ1) is 12.1. The highest BCUT2D eigenvalue weighted by molar-refractivity contribution is 7.64. The lowest BCUT2D eigenvalue weighted by molar-refractivity contribution is 0.535. The average molecular weight is 442 g/mol. The number of unbranched alkanes of at least 4 members (excludes halogenated alkanes) is 13. The third kappa shape index (κ3) is 16.7. The van der Waals surface area contributed by atoms with Gasteiger partial charge in [-0.25, -0.2) is 0 Å². The topological polar surface area (TPSA) is 0 Å². The van der Waals surface area contributed by atoms with Gasteiger partial charge in [-0.05, 0) is 41.3 Å². The molecule has 0 aliphatic rings. The standard InChI is InChI=1S/C20H35Cl3SSi/c21-25(22,23)18-14-12-10-8-6-4-2-1-3-5-7-9-11-13-15-20-16-17-24-19-20/h16-17,19H,1-15,18H2. The van der Waals surface area contributed by atoms with Gasteiger partial charge in [0.25, 0.3) is 0 Å². The van der Waals surface area contributed by atoms with Crippen LogP contribution < -0.4 is 0 Å². The van der Waals surface area contributed by atoms with Gasteiger partial charge in [-0.1, -0.05) is 83.5 Å². The molecule has 0 N–H and O–H groups in total. The van der Waals surface area contributed by atoms with Gasteiger partial charge in [0.2, 0.25) is 0 Å². The minimum absolute atomic E-state index is 0.825. The van der Waals surface area contributed by atoms with E-state index < -0.39 is 6.00 Å². The molecule has 0 aliphatic carbocycles. The fourth-order valence-electron chi connectivity index (χ4n) is 3.21. The second-order valence-electron chi connectivity index (χ2n) is 7.20. The molecule has 0 atom stereocenters. The van der Waals surface area contributed by atoms with E-state index in [0.29, 0.717) is 0 Å². The monoisotopic (exact) mass is 440 g/mol. The van der Waals surface area contributed by atoms with Crippen molar-refractivity contribution in [2.75, 3.05) is 0 Å². The molecule has 1 aromatic rings. The van der Waals surface area contributed by atoms with Gasteiger partial charge in [-0.2, -0.15) is 11.3 Å². The fraction of sp³-hybridized carbons (Fsp3) is 0.800. The summed E-state index contributed by atoms with van der Waals surface area (Å²) in [6.45, 7) is 0. The maximum absolute atomic E-state index is 5.88.